The zero-order valence-electron chi connectivity index (χ0n) is 12.9. The van der Waals surface area contributed by atoms with Gasteiger partial charge in [-0.3, -0.25) is 9.52 Å². The molecule has 0 fully saturated rings. The number of hydrogen-bond donors (Lipinski definition) is 1. The lowest BCUT2D eigenvalue weighted by Gasteiger charge is -2.11. The van der Waals surface area contributed by atoms with Crippen LogP contribution >= 0.6 is 0 Å². The zero-order chi connectivity index (χ0) is 17.9. The summed E-state index contributed by atoms with van der Waals surface area (Å²) in [6.45, 7) is 1.54. The molecule has 0 saturated heterocycles. The van der Waals surface area contributed by atoms with Crippen LogP contribution in [0.4, 0.5) is 10.1 Å². The lowest BCUT2D eigenvalue weighted by molar-refractivity contribution is 0.0595. The number of carbonyl (C=O) groups excluding carboxylic acids is 2. The second-order valence-corrected chi connectivity index (χ2v) is 6.59. The van der Waals surface area contributed by atoms with Gasteiger partial charge in [-0.1, -0.05) is 6.07 Å². The van der Waals surface area contributed by atoms with Crippen LogP contribution in [0.25, 0.3) is 0 Å². The fourth-order valence-corrected chi connectivity index (χ4v) is 3.39. The van der Waals surface area contributed by atoms with Crippen LogP contribution in [-0.4, -0.2) is 27.8 Å². The number of halogens is 1. The molecule has 0 radical (unpaired) electrons. The highest BCUT2D eigenvalue weighted by atomic mass is 32.2. The molecule has 2 aromatic rings. The number of aryl methyl sites for hydroxylation is 1. The second kappa shape index (κ2) is 6.79. The predicted octanol–water partition coefficient (Wildman–Crippen LogP) is 2.53. The van der Waals surface area contributed by atoms with E-state index >= 15 is 0 Å². The van der Waals surface area contributed by atoms with Gasteiger partial charge >= 0.3 is 5.97 Å². The molecule has 0 aromatic heterocycles. The van der Waals surface area contributed by atoms with Gasteiger partial charge in [0, 0.05) is 5.56 Å². The minimum absolute atomic E-state index is 0.0365. The molecule has 0 aliphatic heterocycles. The molecule has 0 aliphatic carbocycles. The van der Waals surface area contributed by atoms with E-state index in [1.807, 2.05) is 0 Å². The van der Waals surface area contributed by atoms with Crippen LogP contribution < -0.4 is 4.72 Å². The van der Waals surface area contributed by atoms with Crippen LogP contribution in [0.3, 0.4) is 0 Å². The van der Waals surface area contributed by atoms with E-state index in [1.54, 1.807) is 6.92 Å². The number of esters is 1. The van der Waals surface area contributed by atoms with E-state index in [2.05, 4.69) is 9.46 Å². The fraction of sp³-hybridized carbons (Fsp3) is 0.125. The standard InChI is InChI=1S/C16H14FNO5S/c1-10-7-11(9-19)3-6-15(10)24(21,22)18-12-4-5-13(14(17)8-12)16(20)23-2/h3-9,18H,1-2H3. The first-order valence-electron chi connectivity index (χ1n) is 6.75. The summed E-state index contributed by atoms with van der Waals surface area (Å²) in [5.74, 6) is -1.77. The van der Waals surface area contributed by atoms with E-state index < -0.39 is 21.8 Å². The Morgan fingerprint density at radius 1 is 1.21 bits per heavy atom. The summed E-state index contributed by atoms with van der Waals surface area (Å²) < 4.78 is 45.3. The first-order valence-corrected chi connectivity index (χ1v) is 8.23. The normalized spacial score (nSPS) is 11.0. The summed E-state index contributed by atoms with van der Waals surface area (Å²) in [6.07, 6.45) is 0.609. The molecule has 24 heavy (non-hydrogen) atoms. The van der Waals surface area contributed by atoms with Crippen LogP contribution in [0.15, 0.2) is 41.3 Å². The van der Waals surface area contributed by atoms with Gasteiger partial charge in [0.1, 0.15) is 12.1 Å². The van der Waals surface area contributed by atoms with Crippen LogP contribution in [0, 0.1) is 12.7 Å². The number of carbonyl (C=O) groups is 2. The maximum absolute atomic E-state index is 13.9. The SMILES string of the molecule is COC(=O)c1ccc(NS(=O)(=O)c2ccc(C=O)cc2C)cc1F. The number of sulfonamides is 1. The maximum atomic E-state index is 13.9. The topological polar surface area (TPSA) is 89.5 Å². The van der Waals surface area contributed by atoms with Crippen molar-refractivity contribution in [1.29, 1.82) is 0 Å². The molecular formula is C16H14FNO5S. The maximum Gasteiger partial charge on any atom is 0.340 e. The van der Waals surface area contributed by atoms with Crippen LogP contribution in [0.2, 0.25) is 0 Å². The first kappa shape index (κ1) is 17.6. The van der Waals surface area contributed by atoms with Gasteiger partial charge in [-0.25, -0.2) is 17.6 Å². The lowest BCUT2D eigenvalue weighted by Crippen LogP contribution is -2.15. The summed E-state index contributed by atoms with van der Waals surface area (Å²) in [6, 6.07) is 7.36. The van der Waals surface area contributed by atoms with Crippen molar-refractivity contribution in [2.45, 2.75) is 11.8 Å². The van der Waals surface area contributed by atoms with Gasteiger partial charge in [-0.15, -0.1) is 0 Å². The third-order valence-electron chi connectivity index (χ3n) is 3.25. The van der Waals surface area contributed by atoms with Crippen molar-refractivity contribution in [2.24, 2.45) is 0 Å². The summed E-state index contributed by atoms with van der Waals surface area (Å²) in [5, 5.41) is 0. The van der Waals surface area contributed by atoms with Crippen LogP contribution in [-0.2, 0) is 14.8 Å². The number of anilines is 1. The molecule has 1 N–H and O–H groups in total. The van der Waals surface area contributed by atoms with Crippen LogP contribution in [0.1, 0.15) is 26.3 Å². The Bertz CT molecular complexity index is 909. The fourth-order valence-electron chi connectivity index (χ4n) is 2.11. The minimum Gasteiger partial charge on any atom is -0.465 e. The molecule has 0 bridgehead atoms. The molecular weight excluding hydrogens is 337 g/mol. The van der Waals surface area contributed by atoms with E-state index in [0.717, 1.165) is 19.2 Å². The molecule has 126 valence electrons. The Morgan fingerprint density at radius 2 is 1.92 bits per heavy atom. The Hall–Kier alpha value is -2.74. The van der Waals surface area contributed by atoms with Crippen molar-refractivity contribution in [3.63, 3.8) is 0 Å². The number of methoxy groups -OCH3 is 1. The van der Waals surface area contributed by atoms with Crippen molar-refractivity contribution in [2.75, 3.05) is 11.8 Å². The van der Waals surface area contributed by atoms with E-state index in [9.17, 15) is 22.4 Å². The molecule has 2 rings (SSSR count). The third-order valence-corrected chi connectivity index (χ3v) is 4.79. The highest BCUT2D eigenvalue weighted by Crippen LogP contribution is 2.22. The van der Waals surface area contributed by atoms with Crippen molar-refractivity contribution >= 4 is 28.0 Å². The highest BCUT2D eigenvalue weighted by molar-refractivity contribution is 7.92. The van der Waals surface area contributed by atoms with E-state index in [1.165, 1.54) is 24.3 Å². The Kier molecular flexibility index (Phi) is 4.99. The summed E-state index contributed by atoms with van der Waals surface area (Å²) in [5.41, 5.74) is 0.379. The summed E-state index contributed by atoms with van der Waals surface area (Å²) in [4.78, 5) is 22.0. The Labute approximate surface area is 138 Å². The Balaban J connectivity index is 2.34. The summed E-state index contributed by atoms with van der Waals surface area (Å²) >= 11 is 0. The third kappa shape index (κ3) is 3.60. The number of hydrogen-bond acceptors (Lipinski definition) is 5. The second-order valence-electron chi connectivity index (χ2n) is 4.93. The van der Waals surface area contributed by atoms with Gasteiger partial charge in [0.2, 0.25) is 0 Å². The van der Waals surface area contributed by atoms with Crippen molar-refractivity contribution in [3.05, 3.63) is 58.9 Å². The predicted molar refractivity (Wildman–Crippen MR) is 85.1 cm³/mol. The molecule has 0 heterocycles. The van der Waals surface area contributed by atoms with Gasteiger partial charge < -0.3 is 4.74 Å². The Morgan fingerprint density at radius 3 is 2.46 bits per heavy atom. The van der Waals surface area contributed by atoms with Gasteiger partial charge in [0.05, 0.1) is 23.3 Å². The van der Waals surface area contributed by atoms with Crippen molar-refractivity contribution < 1.29 is 27.1 Å². The van der Waals surface area contributed by atoms with E-state index in [0.29, 0.717) is 17.4 Å². The molecule has 0 unspecified atom stereocenters. The molecule has 6 nitrogen and oxygen atoms in total. The van der Waals surface area contributed by atoms with Gasteiger partial charge in [-0.2, -0.15) is 0 Å². The highest BCUT2D eigenvalue weighted by Gasteiger charge is 2.19. The molecule has 0 aliphatic rings. The average Bonchev–Trinajstić information content (AvgIpc) is 2.53. The largest absolute Gasteiger partial charge is 0.465 e. The van der Waals surface area contributed by atoms with E-state index in [-0.39, 0.29) is 16.1 Å². The van der Waals surface area contributed by atoms with E-state index in [4.69, 9.17) is 0 Å². The van der Waals surface area contributed by atoms with Gasteiger partial charge in [0.25, 0.3) is 10.0 Å². The quantitative estimate of drug-likeness (QED) is 0.660. The number of ether oxygens (including phenoxy) is 1. The van der Waals surface area contributed by atoms with Crippen LogP contribution in [0.5, 0.6) is 0 Å². The molecule has 0 atom stereocenters. The minimum atomic E-state index is -3.97. The molecule has 8 heteroatoms. The monoisotopic (exact) mass is 351 g/mol. The van der Waals surface area contributed by atoms with Crippen molar-refractivity contribution in [3.8, 4) is 0 Å². The molecule has 0 amide bonds. The molecule has 0 saturated carbocycles. The zero-order valence-corrected chi connectivity index (χ0v) is 13.7. The molecule has 0 spiro atoms. The number of benzene rings is 2. The smallest absolute Gasteiger partial charge is 0.340 e. The average molecular weight is 351 g/mol. The molecule has 2 aromatic carbocycles. The number of nitrogens with one attached hydrogen (secondary N) is 1. The van der Waals surface area contributed by atoms with Gasteiger partial charge in [0.15, 0.2) is 0 Å². The number of aldehydes is 1. The lowest BCUT2D eigenvalue weighted by atomic mass is 10.2. The summed E-state index contributed by atoms with van der Waals surface area (Å²) in [7, 11) is -2.86. The number of rotatable bonds is 5. The van der Waals surface area contributed by atoms with Gasteiger partial charge in [-0.05, 0) is 42.8 Å². The first-order chi connectivity index (χ1) is 11.3. The van der Waals surface area contributed by atoms with Crippen molar-refractivity contribution in [1.82, 2.24) is 0 Å².